The normalized spacial score (nSPS) is 12.5. The Morgan fingerprint density at radius 1 is 1.21 bits per heavy atom. The molecule has 1 aliphatic heterocycles. The van der Waals surface area contributed by atoms with Crippen LogP contribution in [0.25, 0.3) is 0 Å². The number of amides is 1. The van der Waals surface area contributed by atoms with Crippen LogP contribution in [-0.4, -0.2) is 10.9 Å². The molecule has 0 fully saturated rings. The average molecular weight is 358 g/mol. The number of aromatic nitrogens is 1. The van der Waals surface area contributed by atoms with E-state index in [9.17, 15) is 4.79 Å². The minimum Gasteiger partial charge on any atom is -0.454 e. The number of nitrogens with one attached hydrogen (secondary N) is 2. The molecule has 24 heavy (non-hydrogen) atoms. The number of carbonyl (C=O) groups excluding carboxylic acids is 1. The Balaban J connectivity index is 1.59. The van der Waals surface area contributed by atoms with Crippen molar-refractivity contribution >= 4 is 40.2 Å². The highest BCUT2D eigenvalue weighted by atomic mass is 35.5. The molecule has 0 bridgehead atoms. The molecule has 0 saturated heterocycles. The van der Waals surface area contributed by atoms with Crippen LogP contribution in [0.4, 0.5) is 11.4 Å². The van der Waals surface area contributed by atoms with Crippen LogP contribution >= 0.6 is 22.9 Å². The third-order valence-electron chi connectivity index (χ3n) is 3.57. The standard InChI is InChI=1S/C17H12ClN3O2S/c18-17-20-9-11(24-17)8-19-10-5-6-14-12(7-10)16(22)21-13-3-1-2-4-15(13)23-14/h1-7,9,19H,8H2,(H,21,22). The summed E-state index contributed by atoms with van der Waals surface area (Å²) in [5, 5.41) is 6.13. The third-order valence-corrected chi connectivity index (χ3v) is 4.69. The van der Waals surface area contributed by atoms with Gasteiger partial charge in [-0.05, 0) is 30.3 Å². The van der Waals surface area contributed by atoms with E-state index in [1.165, 1.54) is 11.3 Å². The van der Waals surface area contributed by atoms with E-state index in [-0.39, 0.29) is 5.91 Å². The first-order valence-corrected chi connectivity index (χ1v) is 8.45. The zero-order chi connectivity index (χ0) is 16.5. The maximum absolute atomic E-state index is 12.5. The van der Waals surface area contributed by atoms with E-state index in [0.29, 0.717) is 33.8 Å². The minimum absolute atomic E-state index is 0.195. The van der Waals surface area contributed by atoms with Crippen LogP contribution in [0.5, 0.6) is 11.5 Å². The number of halogens is 1. The van der Waals surface area contributed by atoms with Gasteiger partial charge in [0.25, 0.3) is 5.91 Å². The second-order valence-corrected chi connectivity index (χ2v) is 6.89. The number of carbonyl (C=O) groups is 1. The van der Waals surface area contributed by atoms with Crippen LogP contribution in [0.2, 0.25) is 4.47 Å². The summed E-state index contributed by atoms with van der Waals surface area (Å²) in [4.78, 5) is 17.5. The summed E-state index contributed by atoms with van der Waals surface area (Å²) in [5.41, 5.74) is 1.97. The predicted molar refractivity (Wildman–Crippen MR) is 95.4 cm³/mol. The van der Waals surface area contributed by atoms with Crippen molar-refractivity contribution in [3.63, 3.8) is 0 Å². The third kappa shape index (κ3) is 2.93. The SMILES string of the molecule is O=C1Nc2ccccc2Oc2ccc(NCc3cnc(Cl)s3)cc21. The number of anilines is 2. The smallest absolute Gasteiger partial charge is 0.259 e. The number of rotatable bonds is 3. The summed E-state index contributed by atoms with van der Waals surface area (Å²) in [5.74, 6) is 0.966. The van der Waals surface area contributed by atoms with Gasteiger partial charge in [-0.25, -0.2) is 4.98 Å². The van der Waals surface area contributed by atoms with E-state index in [1.54, 1.807) is 18.3 Å². The summed E-state index contributed by atoms with van der Waals surface area (Å²) < 4.78 is 6.37. The zero-order valence-corrected chi connectivity index (χ0v) is 13.9. The first-order chi connectivity index (χ1) is 11.7. The number of hydrogen-bond acceptors (Lipinski definition) is 5. The molecule has 5 nitrogen and oxygen atoms in total. The summed E-state index contributed by atoms with van der Waals surface area (Å²) in [6.07, 6.45) is 1.73. The Kier molecular flexibility index (Phi) is 3.84. The van der Waals surface area contributed by atoms with E-state index in [0.717, 1.165) is 10.6 Å². The van der Waals surface area contributed by atoms with Gasteiger partial charge in [0, 0.05) is 16.8 Å². The van der Waals surface area contributed by atoms with Crippen molar-refractivity contribution in [3.05, 3.63) is 63.6 Å². The second kappa shape index (κ2) is 6.14. The molecule has 1 aliphatic rings. The van der Waals surface area contributed by atoms with Gasteiger partial charge in [-0.3, -0.25) is 4.79 Å². The Morgan fingerprint density at radius 2 is 2.08 bits per heavy atom. The monoisotopic (exact) mass is 357 g/mol. The lowest BCUT2D eigenvalue weighted by Crippen LogP contribution is -2.11. The minimum atomic E-state index is -0.195. The maximum Gasteiger partial charge on any atom is 0.259 e. The Morgan fingerprint density at radius 3 is 2.92 bits per heavy atom. The van der Waals surface area contributed by atoms with Crippen molar-refractivity contribution in [3.8, 4) is 11.5 Å². The number of fused-ring (bicyclic) bond motifs is 2. The molecule has 2 heterocycles. The number of para-hydroxylation sites is 2. The van der Waals surface area contributed by atoms with Gasteiger partial charge in [-0.1, -0.05) is 23.7 Å². The summed E-state index contributed by atoms with van der Waals surface area (Å²) in [6.45, 7) is 0.589. The van der Waals surface area contributed by atoms with E-state index in [4.69, 9.17) is 16.3 Å². The molecule has 7 heteroatoms. The summed E-state index contributed by atoms with van der Waals surface area (Å²) in [6, 6.07) is 12.8. The van der Waals surface area contributed by atoms with Crippen molar-refractivity contribution in [2.75, 3.05) is 10.6 Å². The van der Waals surface area contributed by atoms with Crippen molar-refractivity contribution in [2.24, 2.45) is 0 Å². The quantitative estimate of drug-likeness (QED) is 0.709. The van der Waals surface area contributed by atoms with Gasteiger partial charge in [0.05, 0.1) is 17.8 Å². The Hall–Kier alpha value is -2.57. The van der Waals surface area contributed by atoms with Crippen LogP contribution in [0.3, 0.4) is 0 Å². The van der Waals surface area contributed by atoms with Gasteiger partial charge in [0.2, 0.25) is 0 Å². The molecule has 0 aliphatic carbocycles. The molecular weight excluding hydrogens is 346 g/mol. The molecule has 120 valence electrons. The molecular formula is C17H12ClN3O2S. The molecule has 0 atom stereocenters. The Bertz CT molecular complexity index is 926. The molecule has 2 aromatic carbocycles. The average Bonchev–Trinajstić information content (AvgIpc) is 2.94. The van der Waals surface area contributed by atoms with Crippen molar-refractivity contribution in [1.82, 2.24) is 4.98 Å². The summed E-state index contributed by atoms with van der Waals surface area (Å²) in [7, 11) is 0. The fourth-order valence-corrected chi connectivity index (χ4v) is 3.35. The molecule has 0 radical (unpaired) electrons. The molecule has 4 rings (SSSR count). The van der Waals surface area contributed by atoms with E-state index < -0.39 is 0 Å². The topological polar surface area (TPSA) is 63.2 Å². The van der Waals surface area contributed by atoms with Crippen LogP contribution in [0, 0.1) is 0 Å². The number of ether oxygens (including phenoxy) is 1. The maximum atomic E-state index is 12.5. The van der Waals surface area contributed by atoms with Gasteiger partial charge >= 0.3 is 0 Å². The van der Waals surface area contributed by atoms with E-state index >= 15 is 0 Å². The zero-order valence-electron chi connectivity index (χ0n) is 12.4. The van der Waals surface area contributed by atoms with Crippen LogP contribution in [0.15, 0.2) is 48.7 Å². The highest BCUT2D eigenvalue weighted by molar-refractivity contribution is 7.15. The summed E-state index contributed by atoms with van der Waals surface area (Å²) >= 11 is 7.25. The number of thiazole rings is 1. The first kappa shape index (κ1) is 15.0. The molecule has 0 saturated carbocycles. The molecule has 3 aromatic rings. The van der Waals surface area contributed by atoms with Crippen LogP contribution in [0.1, 0.15) is 15.2 Å². The Labute approximate surface area is 147 Å². The lowest BCUT2D eigenvalue weighted by molar-refractivity contribution is 0.102. The van der Waals surface area contributed by atoms with Crippen molar-refractivity contribution in [2.45, 2.75) is 6.54 Å². The predicted octanol–water partition coefficient (Wildman–Crippen LogP) is 4.77. The first-order valence-electron chi connectivity index (χ1n) is 7.25. The van der Waals surface area contributed by atoms with Crippen LogP contribution in [-0.2, 0) is 6.54 Å². The van der Waals surface area contributed by atoms with Gasteiger partial charge in [-0.2, -0.15) is 0 Å². The van der Waals surface area contributed by atoms with Crippen molar-refractivity contribution < 1.29 is 9.53 Å². The van der Waals surface area contributed by atoms with Gasteiger partial charge in [-0.15, -0.1) is 11.3 Å². The van der Waals surface area contributed by atoms with Crippen LogP contribution < -0.4 is 15.4 Å². The van der Waals surface area contributed by atoms with E-state index in [1.807, 2.05) is 30.3 Å². The van der Waals surface area contributed by atoms with E-state index in [2.05, 4.69) is 15.6 Å². The fraction of sp³-hybridized carbons (Fsp3) is 0.0588. The van der Waals surface area contributed by atoms with Gasteiger partial charge in [0.15, 0.2) is 10.2 Å². The number of nitrogens with zero attached hydrogens (tertiary/aromatic N) is 1. The second-order valence-electron chi connectivity index (χ2n) is 5.20. The van der Waals surface area contributed by atoms with Gasteiger partial charge in [0.1, 0.15) is 5.75 Å². The van der Waals surface area contributed by atoms with Gasteiger partial charge < -0.3 is 15.4 Å². The molecule has 0 unspecified atom stereocenters. The molecule has 2 N–H and O–H groups in total. The highest BCUT2D eigenvalue weighted by Gasteiger charge is 2.20. The fourth-order valence-electron chi connectivity index (χ4n) is 2.43. The lowest BCUT2D eigenvalue weighted by Gasteiger charge is -2.10. The van der Waals surface area contributed by atoms with Crippen molar-refractivity contribution in [1.29, 1.82) is 0 Å². The molecule has 1 aromatic heterocycles. The number of hydrogen-bond donors (Lipinski definition) is 2. The lowest BCUT2D eigenvalue weighted by atomic mass is 10.1. The number of benzene rings is 2. The highest BCUT2D eigenvalue weighted by Crippen LogP contribution is 2.36. The molecule has 0 spiro atoms. The largest absolute Gasteiger partial charge is 0.454 e. The molecule has 1 amide bonds.